The van der Waals surface area contributed by atoms with Crippen LogP contribution in [0.25, 0.3) is 0 Å². The van der Waals surface area contributed by atoms with Crippen LogP contribution in [0.5, 0.6) is 5.75 Å². The van der Waals surface area contributed by atoms with Gasteiger partial charge in [-0.1, -0.05) is 70.2 Å². The highest BCUT2D eigenvalue weighted by Crippen LogP contribution is 2.41. The standard InChI is InChI=1S/C18H16BrNO2S2/c1-20(2)18(23)24-17-15(21)13-10-12(19)8-9-14(13)22-16(17)11-6-4-3-5-7-11/h3-10,16-17H,1-2H3/t16-,17+/m1/s1. The van der Waals surface area contributed by atoms with Crippen LogP contribution in [-0.2, 0) is 0 Å². The van der Waals surface area contributed by atoms with Crippen molar-refractivity contribution in [1.29, 1.82) is 0 Å². The Bertz CT molecular complexity index is 780. The van der Waals surface area contributed by atoms with Crippen molar-refractivity contribution in [3.63, 3.8) is 0 Å². The van der Waals surface area contributed by atoms with Gasteiger partial charge in [0.1, 0.15) is 21.4 Å². The Morgan fingerprint density at radius 3 is 2.58 bits per heavy atom. The minimum absolute atomic E-state index is 0.0422. The molecule has 0 radical (unpaired) electrons. The van der Waals surface area contributed by atoms with Crippen LogP contribution >= 0.6 is 39.9 Å². The van der Waals surface area contributed by atoms with Crippen LogP contribution in [0.1, 0.15) is 22.0 Å². The van der Waals surface area contributed by atoms with E-state index in [4.69, 9.17) is 17.0 Å². The summed E-state index contributed by atoms with van der Waals surface area (Å²) in [4.78, 5) is 15.0. The maximum Gasteiger partial charge on any atom is 0.184 e. The van der Waals surface area contributed by atoms with Gasteiger partial charge in [0.05, 0.1) is 5.56 Å². The fourth-order valence-corrected chi connectivity index (χ4v) is 4.17. The zero-order valence-electron chi connectivity index (χ0n) is 13.2. The summed E-state index contributed by atoms with van der Waals surface area (Å²) in [5.74, 6) is 0.658. The minimum atomic E-state index is -0.413. The number of thiocarbonyl (C=S) groups is 1. The van der Waals surface area contributed by atoms with Gasteiger partial charge in [0.15, 0.2) is 5.78 Å². The van der Waals surface area contributed by atoms with Crippen LogP contribution < -0.4 is 4.74 Å². The number of rotatable bonds is 2. The van der Waals surface area contributed by atoms with E-state index in [-0.39, 0.29) is 11.9 Å². The van der Waals surface area contributed by atoms with E-state index < -0.39 is 5.25 Å². The monoisotopic (exact) mass is 421 g/mol. The molecule has 0 spiro atoms. The molecular formula is C18H16BrNO2S2. The van der Waals surface area contributed by atoms with Crippen molar-refractivity contribution < 1.29 is 9.53 Å². The second-order valence-electron chi connectivity index (χ2n) is 5.65. The maximum absolute atomic E-state index is 13.1. The van der Waals surface area contributed by atoms with Crippen LogP contribution in [-0.4, -0.2) is 34.3 Å². The molecule has 2 aromatic carbocycles. The lowest BCUT2D eigenvalue weighted by molar-refractivity contribution is 0.0868. The van der Waals surface area contributed by atoms with Crippen molar-refractivity contribution in [3.05, 3.63) is 64.1 Å². The zero-order chi connectivity index (χ0) is 17.3. The summed E-state index contributed by atoms with van der Waals surface area (Å²) in [6, 6.07) is 15.3. The summed E-state index contributed by atoms with van der Waals surface area (Å²) in [5, 5.41) is -0.413. The molecule has 0 saturated heterocycles. The van der Waals surface area contributed by atoms with E-state index >= 15 is 0 Å². The Hall–Kier alpha value is -1.37. The van der Waals surface area contributed by atoms with Gasteiger partial charge < -0.3 is 9.64 Å². The highest BCUT2D eigenvalue weighted by atomic mass is 79.9. The number of nitrogens with zero attached hydrogens (tertiary/aromatic N) is 1. The Morgan fingerprint density at radius 2 is 1.92 bits per heavy atom. The molecule has 2 atom stereocenters. The number of carbonyl (C=O) groups is 1. The third-order valence-electron chi connectivity index (χ3n) is 3.72. The SMILES string of the molecule is CN(C)C(=S)S[C@H]1C(=O)c2cc(Br)ccc2O[C@@H]1c1ccccc1. The number of hydrogen-bond acceptors (Lipinski definition) is 4. The molecule has 1 heterocycles. The first kappa shape index (κ1) is 17.5. The van der Waals surface area contributed by atoms with E-state index in [1.807, 2.05) is 67.5 Å². The second-order valence-corrected chi connectivity index (χ2v) is 8.34. The lowest BCUT2D eigenvalue weighted by atomic mass is 9.96. The molecule has 3 rings (SSSR count). The van der Waals surface area contributed by atoms with Gasteiger partial charge in [0, 0.05) is 18.6 Å². The first-order valence-electron chi connectivity index (χ1n) is 7.40. The normalized spacial score (nSPS) is 19.4. The van der Waals surface area contributed by atoms with Gasteiger partial charge in [-0.05, 0) is 23.8 Å². The highest BCUT2D eigenvalue weighted by Gasteiger charge is 2.39. The molecule has 124 valence electrons. The average molecular weight is 422 g/mol. The summed E-state index contributed by atoms with van der Waals surface area (Å²) in [7, 11) is 3.76. The lowest BCUT2D eigenvalue weighted by Gasteiger charge is -2.33. The fraction of sp³-hybridized carbons (Fsp3) is 0.222. The first-order chi connectivity index (χ1) is 11.5. The molecular weight excluding hydrogens is 406 g/mol. The maximum atomic E-state index is 13.1. The van der Waals surface area contributed by atoms with Gasteiger partial charge in [-0.2, -0.15) is 0 Å². The smallest absolute Gasteiger partial charge is 0.184 e. The van der Waals surface area contributed by atoms with Crippen molar-refractivity contribution in [1.82, 2.24) is 4.90 Å². The number of hydrogen-bond donors (Lipinski definition) is 0. The predicted molar refractivity (Wildman–Crippen MR) is 106 cm³/mol. The van der Waals surface area contributed by atoms with Gasteiger partial charge in [-0.25, -0.2) is 0 Å². The molecule has 1 aliphatic heterocycles. The Balaban J connectivity index is 2.03. The molecule has 0 amide bonds. The van der Waals surface area contributed by atoms with E-state index in [0.717, 1.165) is 10.0 Å². The third kappa shape index (κ3) is 3.50. The Labute approximate surface area is 159 Å². The largest absolute Gasteiger partial charge is 0.483 e. The van der Waals surface area contributed by atoms with Crippen LogP contribution in [0.2, 0.25) is 0 Å². The quantitative estimate of drug-likeness (QED) is 0.654. The van der Waals surface area contributed by atoms with E-state index in [0.29, 0.717) is 15.6 Å². The molecule has 24 heavy (non-hydrogen) atoms. The summed E-state index contributed by atoms with van der Waals surface area (Å²) in [6.07, 6.45) is -0.365. The number of thioether (sulfide) groups is 1. The van der Waals surface area contributed by atoms with Gasteiger partial charge in [0.2, 0.25) is 0 Å². The number of ether oxygens (including phenoxy) is 1. The van der Waals surface area contributed by atoms with E-state index in [1.165, 1.54) is 11.8 Å². The molecule has 3 nitrogen and oxygen atoms in total. The molecule has 0 unspecified atom stereocenters. The van der Waals surface area contributed by atoms with E-state index in [1.54, 1.807) is 0 Å². The molecule has 1 aliphatic rings. The number of benzene rings is 2. The van der Waals surface area contributed by atoms with Crippen molar-refractivity contribution in [2.24, 2.45) is 0 Å². The second kappa shape index (κ2) is 7.25. The number of Topliss-reactive ketones (excluding diaryl/α,β-unsaturated/α-hetero) is 1. The Kier molecular flexibility index (Phi) is 5.27. The molecule has 0 saturated carbocycles. The van der Waals surface area contributed by atoms with Crippen molar-refractivity contribution >= 4 is 50.0 Å². The van der Waals surface area contributed by atoms with Crippen LogP contribution in [0, 0.1) is 0 Å². The third-order valence-corrected chi connectivity index (χ3v) is 6.14. The van der Waals surface area contributed by atoms with Crippen LogP contribution in [0.4, 0.5) is 0 Å². The first-order valence-corrected chi connectivity index (χ1v) is 9.49. The Morgan fingerprint density at radius 1 is 1.21 bits per heavy atom. The summed E-state index contributed by atoms with van der Waals surface area (Å²) >= 11 is 10.2. The zero-order valence-corrected chi connectivity index (χ0v) is 16.5. The van der Waals surface area contributed by atoms with Gasteiger partial charge >= 0.3 is 0 Å². The van der Waals surface area contributed by atoms with E-state index in [9.17, 15) is 4.79 Å². The molecule has 0 bridgehead atoms. The number of carbonyl (C=O) groups excluding carboxylic acids is 1. The van der Waals surface area contributed by atoms with Gasteiger partial charge in [0.25, 0.3) is 0 Å². The van der Waals surface area contributed by atoms with Crippen molar-refractivity contribution in [3.8, 4) is 5.75 Å². The van der Waals surface area contributed by atoms with Crippen LogP contribution in [0.15, 0.2) is 53.0 Å². The van der Waals surface area contributed by atoms with Gasteiger partial charge in [-0.15, -0.1) is 0 Å². The van der Waals surface area contributed by atoms with Crippen LogP contribution in [0.3, 0.4) is 0 Å². The average Bonchev–Trinajstić information content (AvgIpc) is 2.58. The highest BCUT2D eigenvalue weighted by molar-refractivity contribution is 9.10. The number of ketones is 1. The number of fused-ring (bicyclic) bond motifs is 1. The molecule has 2 aromatic rings. The van der Waals surface area contributed by atoms with E-state index in [2.05, 4.69) is 15.9 Å². The summed E-state index contributed by atoms with van der Waals surface area (Å²) < 4.78 is 7.72. The van der Waals surface area contributed by atoms with Crippen molar-refractivity contribution in [2.45, 2.75) is 11.4 Å². The molecule has 6 heteroatoms. The predicted octanol–water partition coefficient (Wildman–Crippen LogP) is 4.71. The lowest BCUT2D eigenvalue weighted by Crippen LogP contribution is -2.36. The minimum Gasteiger partial charge on any atom is -0.483 e. The molecule has 0 N–H and O–H groups in total. The molecule has 0 aliphatic carbocycles. The topological polar surface area (TPSA) is 29.5 Å². The summed E-state index contributed by atoms with van der Waals surface area (Å²) in [6.45, 7) is 0. The summed E-state index contributed by atoms with van der Waals surface area (Å²) in [5.41, 5.74) is 1.56. The fourth-order valence-electron chi connectivity index (χ4n) is 2.50. The molecule has 0 fully saturated rings. The van der Waals surface area contributed by atoms with Gasteiger partial charge in [-0.3, -0.25) is 4.79 Å². The molecule has 0 aromatic heterocycles. The number of halogens is 1. The van der Waals surface area contributed by atoms with Crippen molar-refractivity contribution in [2.75, 3.05) is 14.1 Å².